The number of hydrogen-bond donors (Lipinski definition) is 2. The highest BCUT2D eigenvalue weighted by Gasteiger charge is 2.25. The lowest BCUT2D eigenvalue weighted by molar-refractivity contribution is 0.405. The van der Waals surface area contributed by atoms with Gasteiger partial charge in [-0.2, -0.15) is 0 Å². The number of hydrogen-bond acceptors (Lipinski definition) is 3. The van der Waals surface area contributed by atoms with Gasteiger partial charge in [-0.05, 0) is 40.6 Å². The Labute approximate surface area is 158 Å². The zero-order valence-corrected chi connectivity index (χ0v) is 15.2. The molecule has 0 saturated carbocycles. The van der Waals surface area contributed by atoms with Crippen LogP contribution >= 0.6 is 0 Å². The summed E-state index contributed by atoms with van der Waals surface area (Å²) in [5.41, 5.74) is 12.3. The van der Waals surface area contributed by atoms with E-state index in [1.54, 1.807) is 7.11 Å². The van der Waals surface area contributed by atoms with E-state index in [0.29, 0.717) is 5.84 Å². The molecular weight excluding hydrogens is 334 g/mol. The molecule has 1 atom stereocenters. The minimum Gasteiger partial charge on any atom is -0.496 e. The number of nitrogens with two attached hydrogens (primary N) is 1. The van der Waals surface area contributed by atoms with E-state index in [1.165, 1.54) is 22.1 Å². The van der Waals surface area contributed by atoms with Crippen molar-refractivity contribution in [3.63, 3.8) is 0 Å². The van der Waals surface area contributed by atoms with E-state index >= 15 is 0 Å². The van der Waals surface area contributed by atoms with Crippen LogP contribution in [0.15, 0.2) is 53.5 Å². The Morgan fingerprint density at radius 2 is 1.89 bits per heavy atom. The van der Waals surface area contributed by atoms with E-state index < -0.39 is 0 Å². The molecule has 3 aromatic carbocycles. The molecule has 1 aliphatic carbocycles. The molecule has 134 valence electrons. The van der Waals surface area contributed by atoms with Crippen molar-refractivity contribution in [3.8, 4) is 5.75 Å². The minimum atomic E-state index is -0.106. The first-order valence-corrected chi connectivity index (χ1v) is 9.23. The van der Waals surface area contributed by atoms with E-state index in [1.807, 2.05) is 12.1 Å². The van der Waals surface area contributed by atoms with Crippen LogP contribution in [-0.2, 0) is 6.42 Å². The first kappa shape index (κ1) is 16.1. The second-order valence-corrected chi connectivity index (χ2v) is 6.98. The molecule has 0 bridgehead atoms. The summed E-state index contributed by atoms with van der Waals surface area (Å²) in [6.45, 7) is 0.849. The van der Waals surface area contributed by atoms with Gasteiger partial charge in [0.05, 0.1) is 18.8 Å². The summed E-state index contributed by atoms with van der Waals surface area (Å²) in [7, 11) is 1.71. The number of aliphatic imine (C=N–C) groups is 1. The Kier molecular flexibility index (Phi) is 3.73. The van der Waals surface area contributed by atoms with Gasteiger partial charge in [-0.25, -0.2) is 4.99 Å². The maximum Gasteiger partial charge on any atom is 0.122 e. The number of rotatable bonds is 3. The van der Waals surface area contributed by atoms with Crippen molar-refractivity contribution in [2.24, 2.45) is 10.7 Å². The third-order valence-corrected chi connectivity index (χ3v) is 5.49. The van der Waals surface area contributed by atoms with Crippen molar-refractivity contribution in [1.82, 2.24) is 5.32 Å². The number of ether oxygens (including phenoxy) is 1. The molecule has 1 aliphatic heterocycles. The number of amidine groups is 1. The van der Waals surface area contributed by atoms with Crippen LogP contribution in [0.25, 0.3) is 22.9 Å². The molecule has 27 heavy (non-hydrogen) atoms. The summed E-state index contributed by atoms with van der Waals surface area (Å²) in [5.74, 6) is 1.50. The van der Waals surface area contributed by atoms with Crippen LogP contribution < -0.4 is 15.8 Å². The van der Waals surface area contributed by atoms with E-state index in [0.717, 1.165) is 35.4 Å². The number of methoxy groups -OCH3 is 1. The van der Waals surface area contributed by atoms with Gasteiger partial charge < -0.3 is 15.8 Å². The van der Waals surface area contributed by atoms with Crippen molar-refractivity contribution in [1.29, 1.82) is 0 Å². The maximum absolute atomic E-state index is 6.50. The predicted molar refractivity (Wildman–Crippen MR) is 112 cm³/mol. The van der Waals surface area contributed by atoms with Crippen molar-refractivity contribution < 1.29 is 4.74 Å². The molecule has 1 heterocycles. The van der Waals surface area contributed by atoms with Crippen LogP contribution in [0.3, 0.4) is 0 Å². The fraction of sp³-hybridized carbons (Fsp3) is 0.174. The smallest absolute Gasteiger partial charge is 0.122 e. The van der Waals surface area contributed by atoms with Gasteiger partial charge in [0.25, 0.3) is 0 Å². The monoisotopic (exact) mass is 355 g/mol. The Balaban J connectivity index is 1.60. The average Bonchev–Trinajstić information content (AvgIpc) is 3.13. The standard InChI is InChI=1S/C23H21N3O/c1-27-20-7-3-5-17-16(20)12-13-25-22(17)23(24)26-19-11-10-15-9-8-14-4-2-6-18(19)21(14)15/h2-11,22,25H,12-13H2,1H3,(H2,24,26). The minimum absolute atomic E-state index is 0.106. The van der Waals surface area contributed by atoms with Crippen LogP contribution in [-0.4, -0.2) is 19.5 Å². The summed E-state index contributed by atoms with van der Waals surface area (Å²) in [4.78, 5) is 4.84. The normalized spacial score (nSPS) is 18.0. The average molecular weight is 355 g/mol. The van der Waals surface area contributed by atoms with Gasteiger partial charge in [0.1, 0.15) is 11.6 Å². The van der Waals surface area contributed by atoms with Crippen molar-refractivity contribution in [3.05, 3.63) is 70.8 Å². The third kappa shape index (κ3) is 2.53. The summed E-state index contributed by atoms with van der Waals surface area (Å²) in [5, 5.41) is 5.90. The first-order valence-electron chi connectivity index (χ1n) is 9.23. The van der Waals surface area contributed by atoms with Gasteiger partial charge in [0.2, 0.25) is 0 Å². The zero-order valence-electron chi connectivity index (χ0n) is 15.2. The molecule has 0 saturated heterocycles. The molecule has 2 aliphatic rings. The molecule has 0 aromatic heterocycles. The van der Waals surface area contributed by atoms with E-state index in [9.17, 15) is 0 Å². The summed E-state index contributed by atoms with van der Waals surface area (Å²) < 4.78 is 5.53. The van der Waals surface area contributed by atoms with E-state index in [2.05, 4.69) is 53.9 Å². The van der Waals surface area contributed by atoms with Crippen LogP contribution in [0, 0.1) is 0 Å². The topological polar surface area (TPSA) is 59.6 Å². The van der Waals surface area contributed by atoms with Gasteiger partial charge in [0.15, 0.2) is 0 Å². The fourth-order valence-electron chi connectivity index (χ4n) is 4.23. The molecule has 0 fully saturated rings. The van der Waals surface area contributed by atoms with Gasteiger partial charge in [-0.3, -0.25) is 0 Å². The molecule has 0 spiro atoms. The van der Waals surface area contributed by atoms with Crippen molar-refractivity contribution in [2.45, 2.75) is 12.5 Å². The number of benzene rings is 3. The Bertz CT molecular complexity index is 1100. The number of nitrogens with one attached hydrogen (secondary N) is 1. The number of nitrogens with zero attached hydrogens (tertiary/aromatic N) is 1. The molecule has 3 N–H and O–H groups in total. The third-order valence-electron chi connectivity index (χ3n) is 5.49. The molecular formula is C23H21N3O. The SMILES string of the molecule is COc1cccc2c1CCNC2C(N)=Nc1ccc2c3c(cccc13)C=C2. The highest BCUT2D eigenvalue weighted by molar-refractivity contribution is 6.09. The van der Waals surface area contributed by atoms with Gasteiger partial charge >= 0.3 is 0 Å². The van der Waals surface area contributed by atoms with Gasteiger partial charge in [-0.15, -0.1) is 0 Å². The molecule has 3 aromatic rings. The highest BCUT2D eigenvalue weighted by Crippen LogP contribution is 2.37. The van der Waals surface area contributed by atoms with Crippen LogP contribution in [0.4, 0.5) is 5.69 Å². The first-order chi connectivity index (χ1) is 13.3. The van der Waals surface area contributed by atoms with Crippen LogP contribution in [0.2, 0.25) is 0 Å². The number of fused-ring (bicyclic) bond motifs is 1. The van der Waals surface area contributed by atoms with Gasteiger partial charge in [0, 0.05) is 17.5 Å². The molecule has 4 heteroatoms. The molecule has 4 nitrogen and oxygen atoms in total. The summed E-state index contributed by atoms with van der Waals surface area (Å²) in [6, 6.07) is 16.5. The lowest BCUT2D eigenvalue weighted by Gasteiger charge is -2.27. The molecule has 0 radical (unpaired) electrons. The van der Waals surface area contributed by atoms with Crippen LogP contribution in [0.5, 0.6) is 5.75 Å². The lowest BCUT2D eigenvalue weighted by atomic mass is 9.93. The highest BCUT2D eigenvalue weighted by atomic mass is 16.5. The zero-order chi connectivity index (χ0) is 18.4. The molecule has 5 rings (SSSR count). The Morgan fingerprint density at radius 3 is 2.74 bits per heavy atom. The lowest BCUT2D eigenvalue weighted by Crippen LogP contribution is -2.38. The Morgan fingerprint density at radius 1 is 1.07 bits per heavy atom. The second kappa shape index (κ2) is 6.25. The summed E-state index contributed by atoms with van der Waals surface area (Å²) >= 11 is 0. The van der Waals surface area contributed by atoms with Crippen molar-refractivity contribution >= 4 is 34.4 Å². The van der Waals surface area contributed by atoms with Gasteiger partial charge in [-0.1, -0.05) is 48.6 Å². The second-order valence-electron chi connectivity index (χ2n) is 6.98. The largest absolute Gasteiger partial charge is 0.496 e. The van der Waals surface area contributed by atoms with E-state index in [-0.39, 0.29) is 6.04 Å². The predicted octanol–water partition coefficient (Wildman–Crippen LogP) is 4.21. The molecule has 0 amide bonds. The van der Waals surface area contributed by atoms with Crippen molar-refractivity contribution in [2.75, 3.05) is 13.7 Å². The fourth-order valence-corrected chi connectivity index (χ4v) is 4.23. The summed E-state index contributed by atoms with van der Waals surface area (Å²) in [6.07, 6.45) is 5.23. The van der Waals surface area contributed by atoms with E-state index in [4.69, 9.17) is 15.5 Å². The van der Waals surface area contributed by atoms with Crippen LogP contribution in [0.1, 0.15) is 28.3 Å². The Hall–Kier alpha value is -3.11. The quantitative estimate of drug-likeness (QED) is 0.427. The maximum atomic E-state index is 6.50. The molecule has 1 unspecified atom stereocenters.